The third-order valence-corrected chi connectivity index (χ3v) is 3.29. The van der Waals surface area contributed by atoms with Crippen LogP contribution in [-0.4, -0.2) is 19.2 Å². The summed E-state index contributed by atoms with van der Waals surface area (Å²) < 4.78 is 5.76. The lowest BCUT2D eigenvalue weighted by Gasteiger charge is -2.26. The highest BCUT2D eigenvalue weighted by atomic mass is 16.5. The highest BCUT2D eigenvalue weighted by molar-refractivity contribution is 5.41. The molecule has 1 aromatic carbocycles. The van der Waals surface area contributed by atoms with Crippen molar-refractivity contribution in [1.82, 2.24) is 10.6 Å². The molecule has 0 spiro atoms. The highest BCUT2D eigenvalue weighted by Gasteiger charge is 2.20. The van der Waals surface area contributed by atoms with E-state index >= 15 is 0 Å². The quantitative estimate of drug-likeness (QED) is 0.862. The monoisotopic (exact) mass is 248 g/mol. The Morgan fingerprint density at radius 1 is 1.33 bits per heavy atom. The van der Waals surface area contributed by atoms with Gasteiger partial charge in [0.1, 0.15) is 5.75 Å². The summed E-state index contributed by atoms with van der Waals surface area (Å²) in [6.07, 6.45) is 1.04. The predicted molar refractivity (Wildman–Crippen MR) is 74.9 cm³/mol. The molecule has 0 amide bonds. The Kier molecular flexibility index (Phi) is 3.93. The number of hydrogen-bond acceptors (Lipinski definition) is 3. The number of benzene rings is 1. The van der Waals surface area contributed by atoms with Crippen LogP contribution < -0.4 is 15.4 Å². The van der Waals surface area contributed by atoms with Gasteiger partial charge in [-0.3, -0.25) is 0 Å². The van der Waals surface area contributed by atoms with E-state index in [1.807, 2.05) is 7.05 Å². The van der Waals surface area contributed by atoms with Crippen molar-refractivity contribution in [2.75, 3.05) is 13.7 Å². The summed E-state index contributed by atoms with van der Waals surface area (Å²) in [5.41, 5.74) is 2.70. The van der Waals surface area contributed by atoms with Crippen molar-refractivity contribution < 1.29 is 4.74 Å². The van der Waals surface area contributed by atoms with Crippen LogP contribution >= 0.6 is 0 Å². The van der Waals surface area contributed by atoms with Crippen molar-refractivity contribution >= 4 is 0 Å². The molecule has 1 heterocycles. The number of nitrogens with one attached hydrogen (secondary N) is 2. The molecule has 2 rings (SSSR count). The van der Waals surface area contributed by atoms with Gasteiger partial charge in [0.25, 0.3) is 0 Å². The molecule has 18 heavy (non-hydrogen) atoms. The van der Waals surface area contributed by atoms with Crippen molar-refractivity contribution in [2.24, 2.45) is 0 Å². The molecule has 1 atom stereocenters. The second kappa shape index (κ2) is 5.29. The SMILES string of the molecule is CN[C@@H]1CCOc2cc(CNC(C)(C)C)ccc21. The average Bonchev–Trinajstić information content (AvgIpc) is 2.34. The van der Waals surface area contributed by atoms with Gasteiger partial charge in [-0.05, 0) is 39.4 Å². The van der Waals surface area contributed by atoms with Crippen LogP contribution in [0.3, 0.4) is 0 Å². The zero-order valence-electron chi connectivity index (χ0n) is 11.8. The minimum absolute atomic E-state index is 0.143. The van der Waals surface area contributed by atoms with Gasteiger partial charge in [0.2, 0.25) is 0 Å². The number of fused-ring (bicyclic) bond motifs is 1. The van der Waals surface area contributed by atoms with Gasteiger partial charge in [0.15, 0.2) is 0 Å². The van der Waals surface area contributed by atoms with E-state index in [1.54, 1.807) is 0 Å². The van der Waals surface area contributed by atoms with Gasteiger partial charge in [-0.1, -0.05) is 12.1 Å². The Labute approximate surface area is 110 Å². The zero-order chi connectivity index (χ0) is 13.2. The van der Waals surface area contributed by atoms with Crippen molar-refractivity contribution in [2.45, 2.75) is 45.3 Å². The summed E-state index contributed by atoms with van der Waals surface area (Å²) in [6.45, 7) is 8.22. The molecule has 0 aromatic heterocycles. The van der Waals surface area contributed by atoms with Gasteiger partial charge in [0.05, 0.1) is 6.61 Å². The molecule has 0 radical (unpaired) electrons. The molecule has 1 aliphatic rings. The Hall–Kier alpha value is -1.06. The van der Waals surface area contributed by atoms with Gasteiger partial charge < -0.3 is 15.4 Å². The topological polar surface area (TPSA) is 33.3 Å². The Balaban J connectivity index is 2.12. The normalized spacial score (nSPS) is 19.2. The van der Waals surface area contributed by atoms with Gasteiger partial charge in [-0.15, -0.1) is 0 Å². The van der Waals surface area contributed by atoms with E-state index in [0.29, 0.717) is 6.04 Å². The molecule has 0 saturated carbocycles. The van der Waals surface area contributed by atoms with Gasteiger partial charge in [-0.25, -0.2) is 0 Å². The molecule has 0 bridgehead atoms. The fourth-order valence-corrected chi connectivity index (χ4v) is 2.21. The molecule has 1 aromatic rings. The number of ether oxygens (including phenoxy) is 1. The fourth-order valence-electron chi connectivity index (χ4n) is 2.21. The third-order valence-electron chi connectivity index (χ3n) is 3.29. The second-order valence-corrected chi connectivity index (χ2v) is 5.95. The lowest BCUT2D eigenvalue weighted by Crippen LogP contribution is -2.35. The molecular formula is C15H24N2O. The van der Waals surface area contributed by atoms with Crippen LogP contribution in [0.2, 0.25) is 0 Å². The van der Waals surface area contributed by atoms with Crippen LogP contribution in [0.25, 0.3) is 0 Å². The smallest absolute Gasteiger partial charge is 0.124 e. The molecular weight excluding hydrogens is 224 g/mol. The first-order valence-corrected chi connectivity index (χ1v) is 6.67. The van der Waals surface area contributed by atoms with E-state index in [1.165, 1.54) is 11.1 Å². The molecule has 0 saturated heterocycles. The average molecular weight is 248 g/mol. The second-order valence-electron chi connectivity index (χ2n) is 5.95. The Bertz CT molecular complexity index is 409. The minimum atomic E-state index is 0.143. The van der Waals surface area contributed by atoms with Crippen LogP contribution in [0.5, 0.6) is 5.75 Å². The molecule has 0 fully saturated rings. The van der Waals surface area contributed by atoms with Crippen LogP contribution in [0, 0.1) is 0 Å². The predicted octanol–water partition coefficient (Wildman–Crippen LogP) is 2.62. The van der Waals surface area contributed by atoms with Gasteiger partial charge >= 0.3 is 0 Å². The largest absolute Gasteiger partial charge is 0.493 e. The highest BCUT2D eigenvalue weighted by Crippen LogP contribution is 2.32. The summed E-state index contributed by atoms with van der Waals surface area (Å²) in [4.78, 5) is 0. The maximum atomic E-state index is 5.76. The minimum Gasteiger partial charge on any atom is -0.493 e. The van der Waals surface area contributed by atoms with Crippen molar-refractivity contribution in [3.63, 3.8) is 0 Å². The van der Waals surface area contributed by atoms with E-state index in [4.69, 9.17) is 4.74 Å². The molecule has 3 nitrogen and oxygen atoms in total. The zero-order valence-corrected chi connectivity index (χ0v) is 11.8. The van der Waals surface area contributed by atoms with E-state index < -0.39 is 0 Å². The molecule has 100 valence electrons. The van der Waals surface area contributed by atoms with E-state index in [2.05, 4.69) is 49.6 Å². The lowest BCUT2D eigenvalue weighted by atomic mass is 9.98. The summed E-state index contributed by atoms with van der Waals surface area (Å²) in [6, 6.07) is 6.97. The Morgan fingerprint density at radius 3 is 2.78 bits per heavy atom. The van der Waals surface area contributed by atoms with Crippen LogP contribution in [0.15, 0.2) is 18.2 Å². The summed E-state index contributed by atoms with van der Waals surface area (Å²) in [5, 5.41) is 6.84. The molecule has 0 aliphatic carbocycles. The molecule has 0 unspecified atom stereocenters. The number of rotatable bonds is 3. The molecule has 1 aliphatic heterocycles. The fraction of sp³-hybridized carbons (Fsp3) is 0.600. The molecule has 3 heteroatoms. The standard InChI is InChI=1S/C15H24N2O/c1-15(2,3)17-10-11-5-6-12-13(16-4)7-8-18-14(12)9-11/h5-6,9,13,16-17H,7-8,10H2,1-4H3/t13-/m1/s1. The van der Waals surface area contributed by atoms with Crippen LogP contribution in [0.1, 0.15) is 44.4 Å². The van der Waals surface area contributed by atoms with Crippen LogP contribution in [-0.2, 0) is 6.54 Å². The van der Waals surface area contributed by atoms with Crippen LogP contribution in [0.4, 0.5) is 0 Å². The maximum absolute atomic E-state index is 5.76. The van der Waals surface area contributed by atoms with Crippen molar-refractivity contribution in [3.05, 3.63) is 29.3 Å². The van der Waals surface area contributed by atoms with Gasteiger partial charge in [-0.2, -0.15) is 0 Å². The lowest BCUT2D eigenvalue weighted by molar-refractivity contribution is 0.257. The van der Waals surface area contributed by atoms with Crippen molar-refractivity contribution in [3.8, 4) is 5.75 Å². The summed E-state index contributed by atoms with van der Waals surface area (Å²) >= 11 is 0. The van der Waals surface area contributed by atoms with Crippen molar-refractivity contribution in [1.29, 1.82) is 0 Å². The van der Waals surface area contributed by atoms with E-state index in [9.17, 15) is 0 Å². The van der Waals surface area contributed by atoms with Gasteiger partial charge in [0, 0.05) is 30.1 Å². The number of hydrogen-bond donors (Lipinski definition) is 2. The maximum Gasteiger partial charge on any atom is 0.124 e. The van der Waals surface area contributed by atoms with E-state index in [-0.39, 0.29) is 5.54 Å². The van der Waals surface area contributed by atoms with E-state index in [0.717, 1.165) is 25.3 Å². The summed E-state index contributed by atoms with van der Waals surface area (Å²) in [7, 11) is 2.01. The third kappa shape index (κ3) is 3.24. The first-order chi connectivity index (χ1) is 8.49. The first-order valence-electron chi connectivity index (χ1n) is 6.67. The summed E-state index contributed by atoms with van der Waals surface area (Å²) in [5.74, 6) is 1.04. The Morgan fingerprint density at radius 2 is 2.11 bits per heavy atom. The molecule has 2 N–H and O–H groups in total. The first kappa shape index (κ1) is 13.4.